The Balaban J connectivity index is 1.85. The van der Waals surface area contributed by atoms with Crippen LogP contribution >= 0.6 is 0 Å². The average Bonchev–Trinajstić information content (AvgIpc) is 3.30. The summed E-state index contributed by atoms with van der Waals surface area (Å²) in [5, 5.41) is 0. The highest BCUT2D eigenvalue weighted by atomic mass is 15.3. The number of hydrogen-bond donors (Lipinski definition) is 1. The van der Waals surface area contributed by atoms with Crippen molar-refractivity contribution in [1.82, 2.24) is 9.80 Å². The first kappa shape index (κ1) is 15.0. The number of likely N-dealkylation sites (N-methyl/N-ethyl adjacent to an activating group) is 1. The van der Waals surface area contributed by atoms with Crippen LogP contribution in [0, 0.1) is 0 Å². The van der Waals surface area contributed by atoms with Crippen LogP contribution in [0.5, 0.6) is 0 Å². The second-order valence-electron chi connectivity index (χ2n) is 6.97. The molecule has 3 rings (SSSR count). The third kappa shape index (κ3) is 3.01. The predicted octanol–water partition coefficient (Wildman–Crippen LogP) is 2.59. The molecule has 0 aromatic heterocycles. The van der Waals surface area contributed by atoms with Crippen molar-refractivity contribution in [2.75, 3.05) is 26.7 Å². The molecule has 1 heterocycles. The van der Waals surface area contributed by atoms with Crippen LogP contribution in [0.1, 0.15) is 49.8 Å². The molecule has 1 aliphatic heterocycles. The fourth-order valence-electron chi connectivity index (χ4n) is 3.75. The third-order valence-electron chi connectivity index (χ3n) is 5.42. The van der Waals surface area contributed by atoms with Gasteiger partial charge in [0.15, 0.2) is 0 Å². The molecule has 21 heavy (non-hydrogen) atoms. The minimum atomic E-state index is 0.375. The van der Waals surface area contributed by atoms with Crippen molar-refractivity contribution < 1.29 is 0 Å². The molecule has 3 heteroatoms. The summed E-state index contributed by atoms with van der Waals surface area (Å²) < 4.78 is 0. The first-order chi connectivity index (χ1) is 10.1. The van der Waals surface area contributed by atoms with Gasteiger partial charge in [0, 0.05) is 37.8 Å². The zero-order valence-electron chi connectivity index (χ0n) is 13.6. The number of piperazine rings is 1. The van der Waals surface area contributed by atoms with E-state index >= 15 is 0 Å². The van der Waals surface area contributed by atoms with E-state index in [9.17, 15) is 0 Å². The molecule has 1 aromatic carbocycles. The summed E-state index contributed by atoms with van der Waals surface area (Å²) in [6, 6.07) is 10.5. The number of nitrogens with zero attached hydrogens (tertiary/aromatic N) is 2. The minimum absolute atomic E-state index is 0.375. The van der Waals surface area contributed by atoms with Gasteiger partial charge in [0.1, 0.15) is 0 Å². The second-order valence-corrected chi connectivity index (χ2v) is 6.97. The highest BCUT2D eigenvalue weighted by Gasteiger charge is 2.34. The third-order valence-corrected chi connectivity index (χ3v) is 5.42. The van der Waals surface area contributed by atoms with Crippen molar-refractivity contribution >= 4 is 0 Å². The zero-order chi connectivity index (χ0) is 15.0. The Morgan fingerprint density at radius 2 is 1.76 bits per heavy atom. The first-order valence-electron chi connectivity index (χ1n) is 8.36. The molecule has 3 atom stereocenters. The van der Waals surface area contributed by atoms with Gasteiger partial charge in [-0.15, -0.1) is 0 Å². The van der Waals surface area contributed by atoms with Crippen LogP contribution in [0.15, 0.2) is 24.3 Å². The number of hydrogen-bond acceptors (Lipinski definition) is 3. The highest BCUT2D eigenvalue weighted by Crippen LogP contribution is 2.43. The first-order valence-corrected chi connectivity index (χ1v) is 8.36. The van der Waals surface area contributed by atoms with Crippen molar-refractivity contribution in [3.8, 4) is 0 Å². The Morgan fingerprint density at radius 1 is 1.14 bits per heavy atom. The predicted molar refractivity (Wildman–Crippen MR) is 88.5 cm³/mol. The lowest BCUT2D eigenvalue weighted by Gasteiger charge is -2.45. The average molecular weight is 287 g/mol. The molecule has 2 aliphatic rings. The lowest BCUT2D eigenvalue weighted by molar-refractivity contribution is 0.0350. The molecular formula is C18H29N3. The maximum absolute atomic E-state index is 6.20. The van der Waals surface area contributed by atoms with Gasteiger partial charge in [0.25, 0.3) is 0 Å². The quantitative estimate of drug-likeness (QED) is 0.924. The van der Waals surface area contributed by atoms with Gasteiger partial charge >= 0.3 is 0 Å². The van der Waals surface area contributed by atoms with E-state index in [1.165, 1.54) is 18.4 Å². The van der Waals surface area contributed by atoms with Crippen LogP contribution in [0.3, 0.4) is 0 Å². The number of nitrogens with two attached hydrogens (primary N) is 1. The van der Waals surface area contributed by atoms with E-state index in [1.807, 2.05) is 0 Å². The fourth-order valence-corrected chi connectivity index (χ4v) is 3.75. The largest absolute Gasteiger partial charge is 0.329 e. The van der Waals surface area contributed by atoms with E-state index in [4.69, 9.17) is 5.73 Å². The maximum atomic E-state index is 6.20. The lowest BCUT2D eigenvalue weighted by atomic mass is 9.94. The van der Waals surface area contributed by atoms with E-state index in [0.717, 1.165) is 19.0 Å². The summed E-state index contributed by atoms with van der Waals surface area (Å²) in [6.07, 6.45) is 2.70. The van der Waals surface area contributed by atoms with E-state index in [1.54, 1.807) is 5.56 Å². The number of benzene rings is 1. The Kier molecular flexibility index (Phi) is 4.34. The summed E-state index contributed by atoms with van der Waals surface area (Å²) in [4.78, 5) is 5.09. The molecule has 1 aromatic rings. The normalized spacial score (nSPS) is 29.5. The van der Waals surface area contributed by atoms with Crippen LogP contribution in [0.4, 0.5) is 0 Å². The van der Waals surface area contributed by atoms with Crippen molar-refractivity contribution in [2.24, 2.45) is 5.73 Å². The smallest absolute Gasteiger partial charge is 0.0474 e. The summed E-state index contributed by atoms with van der Waals surface area (Å²) >= 11 is 0. The summed E-state index contributed by atoms with van der Waals surface area (Å²) in [5.41, 5.74) is 9.22. The van der Waals surface area contributed by atoms with Crippen LogP contribution in [-0.4, -0.2) is 48.6 Å². The Morgan fingerprint density at radius 3 is 2.33 bits per heavy atom. The van der Waals surface area contributed by atoms with Gasteiger partial charge in [-0.2, -0.15) is 0 Å². The molecule has 3 unspecified atom stereocenters. The second kappa shape index (κ2) is 6.07. The Labute approximate surface area is 129 Å². The van der Waals surface area contributed by atoms with Gasteiger partial charge in [-0.3, -0.25) is 9.80 Å². The molecule has 0 amide bonds. The standard InChI is InChI=1S/C18H29N3/c1-13-11-21(12-14(2)20(13)3)18(10-19)17-7-5-4-6-16(17)15-8-9-15/h4-7,13-15,18H,8-12,19H2,1-3H3. The summed E-state index contributed by atoms with van der Waals surface area (Å²) in [6.45, 7) is 7.59. The minimum Gasteiger partial charge on any atom is -0.329 e. The van der Waals surface area contributed by atoms with E-state index in [-0.39, 0.29) is 0 Å². The molecule has 2 fully saturated rings. The van der Waals surface area contributed by atoms with Gasteiger partial charge in [0.05, 0.1) is 0 Å². The van der Waals surface area contributed by atoms with Crippen LogP contribution in [0.2, 0.25) is 0 Å². The molecule has 0 radical (unpaired) electrons. The van der Waals surface area contributed by atoms with E-state index in [2.05, 4.69) is 55.0 Å². The van der Waals surface area contributed by atoms with Crippen molar-refractivity contribution in [2.45, 2.75) is 50.7 Å². The van der Waals surface area contributed by atoms with Gasteiger partial charge in [-0.1, -0.05) is 24.3 Å². The maximum Gasteiger partial charge on any atom is 0.0474 e. The molecule has 1 saturated heterocycles. The van der Waals surface area contributed by atoms with Crippen LogP contribution in [0.25, 0.3) is 0 Å². The van der Waals surface area contributed by atoms with Crippen LogP contribution < -0.4 is 5.73 Å². The summed E-state index contributed by atoms with van der Waals surface area (Å²) in [5.74, 6) is 0.789. The SMILES string of the molecule is CC1CN(C(CN)c2ccccc2C2CC2)CC(C)N1C. The molecule has 2 N–H and O–H groups in total. The molecule has 0 bridgehead atoms. The van der Waals surface area contributed by atoms with Gasteiger partial charge in [-0.05, 0) is 50.8 Å². The van der Waals surface area contributed by atoms with Crippen molar-refractivity contribution in [3.63, 3.8) is 0 Å². The molecule has 116 valence electrons. The Bertz CT molecular complexity index is 471. The van der Waals surface area contributed by atoms with Gasteiger partial charge < -0.3 is 5.73 Å². The monoisotopic (exact) mass is 287 g/mol. The number of rotatable bonds is 4. The van der Waals surface area contributed by atoms with Gasteiger partial charge in [0.2, 0.25) is 0 Å². The van der Waals surface area contributed by atoms with E-state index < -0.39 is 0 Å². The molecule has 1 aliphatic carbocycles. The topological polar surface area (TPSA) is 32.5 Å². The van der Waals surface area contributed by atoms with E-state index in [0.29, 0.717) is 24.7 Å². The molecule has 3 nitrogen and oxygen atoms in total. The van der Waals surface area contributed by atoms with Crippen molar-refractivity contribution in [1.29, 1.82) is 0 Å². The molecular weight excluding hydrogens is 258 g/mol. The molecule has 1 saturated carbocycles. The molecule has 0 spiro atoms. The fraction of sp³-hybridized carbons (Fsp3) is 0.667. The highest BCUT2D eigenvalue weighted by molar-refractivity contribution is 5.36. The summed E-state index contributed by atoms with van der Waals surface area (Å²) in [7, 11) is 2.24. The zero-order valence-corrected chi connectivity index (χ0v) is 13.6. The Hall–Kier alpha value is -0.900. The van der Waals surface area contributed by atoms with Crippen LogP contribution in [-0.2, 0) is 0 Å². The van der Waals surface area contributed by atoms with Gasteiger partial charge in [-0.25, -0.2) is 0 Å². The van der Waals surface area contributed by atoms with Crippen molar-refractivity contribution in [3.05, 3.63) is 35.4 Å². The lowest BCUT2D eigenvalue weighted by Crippen LogP contribution is -2.56.